The summed E-state index contributed by atoms with van der Waals surface area (Å²) in [6.07, 6.45) is 1.70. The number of amides is 2. The summed E-state index contributed by atoms with van der Waals surface area (Å²) in [5.74, 6) is 0.442. The van der Waals surface area contributed by atoms with Crippen LogP contribution in [0.15, 0.2) is 53.4 Å². The molecule has 0 aliphatic carbocycles. The van der Waals surface area contributed by atoms with Gasteiger partial charge in [0.25, 0.3) is 0 Å². The fourth-order valence-corrected chi connectivity index (χ4v) is 4.37. The van der Waals surface area contributed by atoms with E-state index in [4.69, 9.17) is 23.2 Å². The number of carbonyl (C=O) groups excluding carboxylic acids is 2. The Kier molecular flexibility index (Phi) is 10.6. The second-order valence-electron chi connectivity index (χ2n) is 6.88. The number of hydrogen-bond donors (Lipinski definition) is 1. The molecule has 0 saturated carbocycles. The van der Waals surface area contributed by atoms with E-state index in [0.29, 0.717) is 35.2 Å². The monoisotopic (exact) mass is 466 g/mol. The standard InChI is InChI=1S/C23H28Cl2N2O2S/c1-3-13-26-23(29)21(4-2)27(16-17-10-11-18(24)15-20(17)25)22(28)12-14-30-19-8-6-5-7-9-19/h5-11,15,21H,3-4,12-14,16H2,1-2H3,(H,26,29)/t21-/m0/s1. The number of nitrogens with zero attached hydrogens (tertiary/aromatic N) is 1. The van der Waals surface area contributed by atoms with Gasteiger partial charge in [-0.05, 0) is 42.7 Å². The van der Waals surface area contributed by atoms with Crippen molar-refractivity contribution in [1.82, 2.24) is 10.2 Å². The van der Waals surface area contributed by atoms with Gasteiger partial charge in [0, 0.05) is 40.2 Å². The molecule has 0 aliphatic heterocycles. The third-order valence-electron chi connectivity index (χ3n) is 4.62. The molecule has 0 bridgehead atoms. The van der Waals surface area contributed by atoms with E-state index in [1.165, 1.54) is 0 Å². The van der Waals surface area contributed by atoms with Crippen molar-refractivity contribution in [3.8, 4) is 0 Å². The average Bonchev–Trinajstić information content (AvgIpc) is 2.74. The molecular formula is C23H28Cl2N2O2S. The largest absolute Gasteiger partial charge is 0.354 e. The summed E-state index contributed by atoms with van der Waals surface area (Å²) in [4.78, 5) is 28.7. The van der Waals surface area contributed by atoms with Gasteiger partial charge < -0.3 is 10.2 Å². The Hall–Kier alpha value is -1.69. The van der Waals surface area contributed by atoms with Crippen LogP contribution < -0.4 is 5.32 Å². The maximum Gasteiger partial charge on any atom is 0.242 e. The van der Waals surface area contributed by atoms with E-state index >= 15 is 0 Å². The lowest BCUT2D eigenvalue weighted by Gasteiger charge is -2.31. The molecule has 162 valence electrons. The van der Waals surface area contributed by atoms with Crippen LogP contribution in [0.1, 0.15) is 38.7 Å². The number of carbonyl (C=O) groups is 2. The van der Waals surface area contributed by atoms with Crippen molar-refractivity contribution in [3.05, 3.63) is 64.1 Å². The van der Waals surface area contributed by atoms with E-state index in [9.17, 15) is 9.59 Å². The second kappa shape index (κ2) is 12.9. The second-order valence-corrected chi connectivity index (χ2v) is 8.90. The molecular weight excluding hydrogens is 439 g/mol. The van der Waals surface area contributed by atoms with E-state index < -0.39 is 6.04 Å². The topological polar surface area (TPSA) is 49.4 Å². The maximum atomic E-state index is 13.2. The van der Waals surface area contributed by atoms with Crippen molar-refractivity contribution in [2.75, 3.05) is 12.3 Å². The van der Waals surface area contributed by atoms with Crippen LogP contribution in [0.4, 0.5) is 0 Å². The summed E-state index contributed by atoms with van der Waals surface area (Å²) >= 11 is 14.0. The van der Waals surface area contributed by atoms with Crippen molar-refractivity contribution in [2.45, 2.75) is 50.6 Å². The summed E-state index contributed by atoms with van der Waals surface area (Å²) in [6.45, 7) is 4.77. The molecule has 0 aromatic heterocycles. The molecule has 0 fully saturated rings. The Morgan fingerprint density at radius 1 is 1.10 bits per heavy atom. The number of hydrogen-bond acceptors (Lipinski definition) is 3. The molecule has 7 heteroatoms. The Morgan fingerprint density at radius 3 is 2.47 bits per heavy atom. The summed E-state index contributed by atoms with van der Waals surface area (Å²) < 4.78 is 0. The summed E-state index contributed by atoms with van der Waals surface area (Å²) in [5, 5.41) is 3.94. The molecule has 4 nitrogen and oxygen atoms in total. The predicted octanol–water partition coefficient (Wildman–Crippen LogP) is 5.81. The quantitative estimate of drug-likeness (QED) is 0.425. The molecule has 2 rings (SSSR count). The highest BCUT2D eigenvalue weighted by atomic mass is 35.5. The molecule has 2 aromatic rings. The van der Waals surface area contributed by atoms with Gasteiger partial charge in [0.15, 0.2) is 0 Å². The summed E-state index contributed by atoms with van der Waals surface area (Å²) in [7, 11) is 0. The summed E-state index contributed by atoms with van der Waals surface area (Å²) in [5.41, 5.74) is 0.770. The maximum absolute atomic E-state index is 13.2. The van der Waals surface area contributed by atoms with Gasteiger partial charge >= 0.3 is 0 Å². The fraction of sp³-hybridized carbons (Fsp3) is 0.391. The highest BCUT2D eigenvalue weighted by molar-refractivity contribution is 7.99. The molecule has 1 N–H and O–H groups in total. The third-order valence-corrected chi connectivity index (χ3v) is 6.22. The van der Waals surface area contributed by atoms with Crippen molar-refractivity contribution >= 4 is 46.8 Å². The first-order valence-electron chi connectivity index (χ1n) is 10.1. The minimum absolute atomic E-state index is 0.0667. The molecule has 2 aromatic carbocycles. The number of nitrogens with one attached hydrogen (secondary N) is 1. The lowest BCUT2D eigenvalue weighted by molar-refractivity contribution is -0.141. The molecule has 0 spiro atoms. The molecule has 0 aliphatic rings. The van der Waals surface area contributed by atoms with E-state index in [1.54, 1.807) is 34.9 Å². The minimum Gasteiger partial charge on any atom is -0.354 e. The zero-order chi connectivity index (χ0) is 21.9. The molecule has 30 heavy (non-hydrogen) atoms. The average molecular weight is 467 g/mol. The van der Waals surface area contributed by atoms with Gasteiger partial charge in [0.1, 0.15) is 6.04 Å². The highest BCUT2D eigenvalue weighted by Crippen LogP contribution is 2.25. The van der Waals surface area contributed by atoms with E-state index in [-0.39, 0.29) is 18.4 Å². The van der Waals surface area contributed by atoms with Crippen LogP contribution in [0, 0.1) is 0 Å². The van der Waals surface area contributed by atoms with Crippen LogP contribution in [-0.4, -0.2) is 35.1 Å². The lowest BCUT2D eigenvalue weighted by atomic mass is 10.1. The SMILES string of the molecule is CCCNC(=O)[C@H](CC)N(Cc1ccc(Cl)cc1Cl)C(=O)CCSc1ccccc1. The molecule has 1 atom stereocenters. The van der Waals surface area contributed by atoms with Gasteiger partial charge in [-0.2, -0.15) is 0 Å². The van der Waals surface area contributed by atoms with Gasteiger partial charge in [-0.25, -0.2) is 0 Å². The van der Waals surface area contributed by atoms with Gasteiger partial charge in [-0.1, -0.05) is 61.3 Å². The highest BCUT2D eigenvalue weighted by Gasteiger charge is 2.28. The van der Waals surface area contributed by atoms with E-state index in [2.05, 4.69) is 5.32 Å². The van der Waals surface area contributed by atoms with Crippen LogP contribution in [0.25, 0.3) is 0 Å². The molecule has 0 radical (unpaired) electrons. The van der Waals surface area contributed by atoms with Crippen molar-refractivity contribution in [2.24, 2.45) is 0 Å². The van der Waals surface area contributed by atoms with Crippen LogP contribution >= 0.6 is 35.0 Å². The van der Waals surface area contributed by atoms with E-state index in [0.717, 1.165) is 16.9 Å². The van der Waals surface area contributed by atoms with E-state index in [1.807, 2.05) is 44.2 Å². The van der Waals surface area contributed by atoms with Crippen molar-refractivity contribution in [1.29, 1.82) is 0 Å². The van der Waals surface area contributed by atoms with Gasteiger partial charge in [-0.15, -0.1) is 11.8 Å². The first-order chi connectivity index (χ1) is 14.5. The van der Waals surface area contributed by atoms with Gasteiger partial charge in [-0.3, -0.25) is 9.59 Å². The van der Waals surface area contributed by atoms with Gasteiger partial charge in [0.05, 0.1) is 0 Å². The molecule has 2 amide bonds. The van der Waals surface area contributed by atoms with Crippen LogP contribution in [-0.2, 0) is 16.1 Å². The fourth-order valence-electron chi connectivity index (χ4n) is 3.04. The minimum atomic E-state index is -0.544. The Balaban J connectivity index is 2.15. The van der Waals surface area contributed by atoms with Crippen molar-refractivity contribution in [3.63, 3.8) is 0 Å². The predicted molar refractivity (Wildman–Crippen MR) is 126 cm³/mol. The van der Waals surface area contributed by atoms with Crippen LogP contribution in [0.3, 0.4) is 0 Å². The van der Waals surface area contributed by atoms with Crippen molar-refractivity contribution < 1.29 is 9.59 Å². The number of benzene rings is 2. The zero-order valence-corrected chi connectivity index (χ0v) is 19.7. The first-order valence-corrected chi connectivity index (χ1v) is 11.9. The summed E-state index contributed by atoms with van der Waals surface area (Å²) in [6, 6.07) is 14.6. The number of halogens is 2. The Morgan fingerprint density at radius 2 is 1.83 bits per heavy atom. The molecule has 0 saturated heterocycles. The zero-order valence-electron chi connectivity index (χ0n) is 17.4. The smallest absolute Gasteiger partial charge is 0.242 e. The van der Waals surface area contributed by atoms with Crippen LogP contribution in [0.5, 0.6) is 0 Å². The normalized spacial score (nSPS) is 11.7. The molecule has 0 heterocycles. The first kappa shape index (κ1) is 24.6. The molecule has 0 unspecified atom stereocenters. The lowest BCUT2D eigenvalue weighted by Crippen LogP contribution is -2.49. The van der Waals surface area contributed by atoms with Gasteiger partial charge in [0.2, 0.25) is 11.8 Å². The Labute approximate surface area is 193 Å². The number of thioether (sulfide) groups is 1. The number of rotatable bonds is 11. The Bertz CT molecular complexity index is 833. The third kappa shape index (κ3) is 7.53. The van der Waals surface area contributed by atoms with Crippen LogP contribution in [0.2, 0.25) is 10.0 Å².